The standard InChI is InChI=1S/C24H28O5/c1-13-6-9-17-18(24(25)29-22(17)21-14(2)7-8-16(13)21)10-15-11-19(26-3)23(28-5)20(12-15)27-4/h10-12,16-17,21-22H,1-2,6-9H2,3-5H3/b18-10-/t16-,17-,21-,22-/m0/s1. The van der Waals surface area contributed by atoms with Crippen LogP contribution in [0.25, 0.3) is 6.08 Å². The van der Waals surface area contributed by atoms with Crippen LogP contribution in [0.4, 0.5) is 0 Å². The lowest BCUT2D eigenvalue weighted by Crippen LogP contribution is -2.28. The minimum atomic E-state index is -0.236. The summed E-state index contributed by atoms with van der Waals surface area (Å²) in [6.45, 7) is 8.60. The maximum Gasteiger partial charge on any atom is 0.334 e. The zero-order valence-electron chi connectivity index (χ0n) is 17.3. The van der Waals surface area contributed by atoms with Crippen LogP contribution in [0.2, 0.25) is 0 Å². The number of rotatable bonds is 4. The van der Waals surface area contributed by atoms with Crippen molar-refractivity contribution in [2.45, 2.75) is 31.8 Å². The molecule has 0 amide bonds. The Morgan fingerprint density at radius 2 is 1.59 bits per heavy atom. The fourth-order valence-corrected chi connectivity index (χ4v) is 5.19. The highest BCUT2D eigenvalue weighted by Gasteiger charge is 2.51. The van der Waals surface area contributed by atoms with E-state index < -0.39 is 0 Å². The van der Waals surface area contributed by atoms with Gasteiger partial charge in [0, 0.05) is 17.4 Å². The van der Waals surface area contributed by atoms with Crippen molar-refractivity contribution in [1.82, 2.24) is 0 Å². The lowest BCUT2D eigenvalue weighted by Gasteiger charge is -2.26. The molecule has 0 aromatic heterocycles. The van der Waals surface area contributed by atoms with Gasteiger partial charge in [0.1, 0.15) is 6.10 Å². The van der Waals surface area contributed by atoms with Crippen LogP contribution in [0, 0.1) is 17.8 Å². The number of fused-ring (bicyclic) bond motifs is 3. The van der Waals surface area contributed by atoms with Gasteiger partial charge in [-0.15, -0.1) is 0 Å². The molecule has 3 aliphatic rings. The molecule has 2 aliphatic carbocycles. The molecule has 1 aromatic carbocycles. The van der Waals surface area contributed by atoms with E-state index in [9.17, 15) is 4.79 Å². The molecule has 1 aromatic rings. The molecule has 3 fully saturated rings. The van der Waals surface area contributed by atoms with Gasteiger partial charge < -0.3 is 18.9 Å². The molecule has 1 aliphatic heterocycles. The van der Waals surface area contributed by atoms with Crippen LogP contribution in [-0.4, -0.2) is 33.4 Å². The second-order valence-electron chi connectivity index (χ2n) is 8.06. The molecule has 29 heavy (non-hydrogen) atoms. The Hall–Kier alpha value is -2.69. The smallest absolute Gasteiger partial charge is 0.334 e. The van der Waals surface area contributed by atoms with Crippen LogP contribution in [0.1, 0.15) is 31.2 Å². The fraction of sp³-hybridized carbons (Fsp3) is 0.458. The van der Waals surface area contributed by atoms with Crippen molar-refractivity contribution in [3.8, 4) is 17.2 Å². The molecule has 1 saturated heterocycles. The molecule has 2 saturated carbocycles. The van der Waals surface area contributed by atoms with E-state index in [0.717, 1.165) is 31.2 Å². The SMILES string of the molecule is C=C1CC[C@H]2C(=C)CC[C@H]3/C(=C/c4cc(OC)c(OC)c(OC)c4)C(=O)O[C@@H]3[C@@H]12. The van der Waals surface area contributed by atoms with E-state index in [4.69, 9.17) is 18.9 Å². The Labute approximate surface area is 172 Å². The average Bonchev–Trinajstić information content (AvgIpc) is 3.20. The number of benzene rings is 1. The van der Waals surface area contributed by atoms with Crippen LogP contribution in [0.5, 0.6) is 17.2 Å². The Morgan fingerprint density at radius 3 is 2.21 bits per heavy atom. The summed E-state index contributed by atoms with van der Waals surface area (Å²) >= 11 is 0. The van der Waals surface area contributed by atoms with Crippen molar-refractivity contribution in [2.24, 2.45) is 17.8 Å². The van der Waals surface area contributed by atoms with Gasteiger partial charge in [-0.1, -0.05) is 24.3 Å². The normalized spacial score (nSPS) is 29.9. The Balaban J connectivity index is 1.74. The van der Waals surface area contributed by atoms with E-state index in [1.165, 1.54) is 11.1 Å². The molecular weight excluding hydrogens is 368 g/mol. The first kappa shape index (κ1) is 19.6. The van der Waals surface area contributed by atoms with Gasteiger partial charge >= 0.3 is 5.97 Å². The van der Waals surface area contributed by atoms with Gasteiger partial charge in [-0.05, 0) is 55.4 Å². The highest BCUT2D eigenvalue weighted by Crippen LogP contribution is 2.52. The topological polar surface area (TPSA) is 54.0 Å². The number of allylic oxidation sites excluding steroid dienone is 1. The zero-order chi connectivity index (χ0) is 20.7. The second-order valence-corrected chi connectivity index (χ2v) is 8.06. The molecule has 4 atom stereocenters. The minimum Gasteiger partial charge on any atom is -0.493 e. The van der Waals surface area contributed by atoms with E-state index in [1.807, 2.05) is 18.2 Å². The average molecular weight is 396 g/mol. The van der Waals surface area contributed by atoms with Gasteiger partial charge in [-0.25, -0.2) is 4.79 Å². The third-order valence-electron chi connectivity index (χ3n) is 6.62. The monoisotopic (exact) mass is 396 g/mol. The molecule has 0 radical (unpaired) electrons. The summed E-state index contributed by atoms with van der Waals surface area (Å²) < 4.78 is 22.2. The summed E-state index contributed by atoms with van der Waals surface area (Å²) in [6.07, 6.45) is 5.59. The van der Waals surface area contributed by atoms with E-state index in [0.29, 0.717) is 28.7 Å². The maximum absolute atomic E-state index is 12.8. The van der Waals surface area contributed by atoms with Crippen molar-refractivity contribution < 1.29 is 23.7 Å². The second kappa shape index (κ2) is 7.62. The van der Waals surface area contributed by atoms with E-state index >= 15 is 0 Å². The molecule has 5 heteroatoms. The van der Waals surface area contributed by atoms with Crippen molar-refractivity contribution >= 4 is 12.0 Å². The fourth-order valence-electron chi connectivity index (χ4n) is 5.19. The van der Waals surface area contributed by atoms with E-state index in [1.54, 1.807) is 21.3 Å². The molecule has 0 unspecified atom stereocenters. The van der Waals surface area contributed by atoms with Crippen molar-refractivity contribution in [3.63, 3.8) is 0 Å². The lowest BCUT2D eigenvalue weighted by molar-refractivity contribution is -0.140. The van der Waals surface area contributed by atoms with Crippen molar-refractivity contribution in [2.75, 3.05) is 21.3 Å². The third kappa shape index (κ3) is 3.22. The van der Waals surface area contributed by atoms with Crippen LogP contribution in [0.3, 0.4) is 0 Å². The Bertz CT molecular complexity index is 872. The van der Waals surface area contributed by atoms with Gasteiger partial charge in [-0.2, -0.15) is 0 Å². The molecule has 0 spiro atoms. The molecule has 154 valence electrons. The number of ether oxygens (including phenoxy) is 4. The molecule has 5 nitrogen and oxygen atoms in total. The molecule has 1 heterocycles. The Kier molecular flexibility index (Phi) is 5.15. The predicted octanol–water partition coefficient (Wildman–Crippen LogP) is 4.57. The number of hydrogen-bond donors (Lipinski definition) is 0. The summed E-state index contributed by atoms with van der Waals surface area (Å²) in [5.41, 5.74) is 3.98. The molecular formula is C24H28O5. The maximum atomic E-state index is 12.8. The van der Waals surface area contributed by atoms with Gasteiger partial charge in [0.2, 0.25) is 5.75 Å². The quantitative estimate of drug-likeness (QED) is 0.424. The lowest BCUT2D eigenvalue weighted by atomic mass is 9.81. The number of carbonyl (C=O) groups is 1. The van der Waals surface area contributed by atoms with Gasteiger partial charge in [0.25, 0.3) is 0 Å². The van der Waals surface area contributed by atoms with Crippen molar-refractivity contribution in [3.05, 3.63) is 47.6 Å². The Morgan fingerprint density at radius 1 is 0.966 bits per heavy atom. The number of esters is 1. The first-order valence-electron chi connectivity index (χ1n) is 10.1. The summed E-state index contributed by atoms with van der Waals surface area (Å²) in [5, 5.41) is 0. The summed E-state index contributed by atoms with van der Waals surface area (Å²) in [6, 6.07) is 3.70. The van der Waals surface area contributed by atoms with Crippen molar-refractivity contribution in [1.29, 1.82) is 0 Å². The summed E-state index contributed by atoms with van der Waals surface area (Å²) in [5.74, 6) is 2.01. The van der Waals surface area contributed by atoms with Crippen LogP contribution in [-0.2, 0) is 9.53 Å². The highest BCUT2D eigenvalue weighted by atomic mass is 16.6. The summed E-state index contributed by atoms with van der Waals surface area (Å²) in [4.78, 5) is 12.8. The third-order valence-corrected chi connectivity index (χ3v) is 6.62. The summed E-state index contributed by atoms with van der Waals surface area (Å²) in [7, 11) is 4.73. The van der Waals surface area contributed by atoms with Gasteiger partial charge in [-0.3, -0.25) is 0 Å². The highest BCUT2D eigenvalue weighted by molar-refractivity contribution is 5.96. The predicted molar refractivity (Wildman–Crippen MR) is 111 cm³/mol. The van der Waals surface area contributed by atoms with Crippen LogP contribution >= 0.6 is 0 Å². The van der Waals surface area contributed by atoms with E-state index in [-0.39, 0.29) is 23.9 Å². The number of methoxy groups -OCH3 is 3. The van der Waals surface area contributed by atoms with Gasteiger partial charge in [0.15, 0.2) is 11.5 Å². The number of hydrogen-bond acceptors (Lipinski definition) is 5. The molecule has 0 bridgehead atoms. The first-order valence-corrected chi connectivity index (χ1v) is 10.1. The van der Waals surface area contributed by atoms with E-state index in [2.05, 4.69) is 13.2 Å². The van der Waals surface area contributed by atoms with Crippen LogP contribution in [0.15, 0.2) is 42.0 Å². The zero-order valence-corrected chi connectivity index (χ0v) is 17.3. The minimum absolute atomic E-state index is 0.0446. The first-order chi connectivity index (χ1) is 14.0. The largest absolute Gasteiger partial charge is 0.493 e. The van der Waals surface area contributed by atoms with Gasteiger partial charge in [0.05, 0.1) is 21.3 Å². The number of carbonyl (C=O) groups excluding carboxylic acids is 1. The molecule has 4 rings (SSSR count). The molecule has 0 N–H and O–H groups in total. The van der Waals surface area contributed by atoms with Crippen LogP contribution < -0.4 is 14.2 Å².